The van der Waals surface area contributed by atoms with Gasteiger partial charge in [0, 0.05) is 51.9 Å². The average molecular weight is 421 g/mol. The second-order valence-corrected chi connectivity index (χ2v) is 7.65. The Morgan fingerprint density at radius 2 is 1.50 bits per heavy atom. The number of hydrogen-bond acceptors (Lipinski definition) is 6. The number of alkyl halides is 3. The number of aryl methyl sites for hydroxylation is 1. The van der Waals surface area contributed by atoms with Gasteiger partial charge in [0.2, 0.25) is 0 Å². The minimum Gasteiger partial charge on any atom is -0.378 e. The molecule has 3 heterocycles. The van der Waals surface area contributed by atoms with Crippen LogP contribution in [-0.2, 0) is 17.5 Å². The summed E-state index contributed by atoms with van der Waals surface area (Å²) in [6, 6.07) is 7.83. The molecular formula is C21H26F3N5O. The van der Waals surface area contributed by atoms with E-state index in [0.717, 1.165) is 36.6 Å². The van der Waals surface area contributed by atoms with Crippen molar-refractivity contribution in [1.82, 2.24) is 14.9 Å². The third kappa shape index (κ3) is 4.84. The van der Waals surface area contributed by atoms with Crippen LogP contribution < -0.4 is 9.80 Å². The maximum Gasteiger partial charge on any atom is 0.416 e. The first-order valence-corrected chi connectivity index (χ1v) is 10.2. The number of morpholine rings is 1. The molecule has 0 atom stereocenters. The Hall–Kier alpha value is -2.39. The fraction of sp³-hybridized carbons (Fsp3) is 0.524. The Morgan fingerprint density at radius 1 is 0.900 bits per heavy atom. The molecule has 2 aromatic rings. The largest absolute Gasteiger partial charge is 0.416 e. The number of aromatic nitrogens is 2. The molecule has 1 aromatic heterocycles. The molecular weight excluding hydrogens is 395 g/mol. The summed E-state index contributed by atoms with van der Waals surface area (Å²) in [7, 11) is 0. The molecule has 2 saturated heterocycles. The van der Waals surface area contributed by atoms with Gasteiger partial charge in [0.1, 0.15) is 17.5 Å². The summed E-state index contributed by atoms with van der Waals surface area (Å²) in [6.45, 7) is 7.98. The summed E-state index contributed by atoms with van der Waals surface area (Å²) < 4.78 is 45.2. The Kier molecular flexibility index (Phi) is 6.10. The lowest BCUT2D eigenvalue weighted by molar-refractivity contribution is -0.138. The van der Waals surface area contributed by atoms with Crippen LogP contribution in [-0.4, -0.2) is 67.4 Å². The molecule has 0 N–H and O–H groups in total. The SMILES string of the molecule is Cc1nc(N2CCOCC2)cc(N2CCN(Cc3ccccc3C(F)(F)F)CC2)n1. The molecule has 2 aliphatic rings. The van der Waals surface area contributed by atoms with Crippen molar-refractivity contribution in [3.05, 3.63) is 47.3 Å². The van der Waals surface area contributed by atoms with E-state index in [1.54, 1.807) is 12.1 Å². The molecule has 6 nitrogen and oxygen atoms in total. The number of nitrogens with zero attached hydrogens (tertiary/aromatic N) is 5. The monoisotopic (exact) mass is 421 g/mol. The fourth-order valence-corrected chi connectivity index (χ4v) is 3.96. The molecule has 0 amide bonds. The van der Waals surface area contributed by atoms with Gasteiger partial charge in [-0.3, -0.25) is 4.90 Å². The van der Waals surface area contributed by atoms with Crippen molar-refractivity contribution in [3.63, 3.8) is 0 Å². The molecule has 30 heavy (non-hydrogen) atoms. The number of benzene rings is 1. The van der Waals surface area contributed by atoms with Crippen LogP contribution in [0.2, 0.25) is 0 Å². The topological polar surface area (TPSA) is 44.7 Å². The highest BCUT2D eigenvalue weighted by molar-refractivity contribution is 5.51. The zero-order chi connectivity index (χ0) is 21.1. The first-order valence-electron chi connectivity index (χ1n) is 10.2. The van der Waals surface area contributed by atoms with Crippen LogP contribution in [0.15, 0.2) is 30.3 Å². The Morgan fingerprint density at radius 3 is 2.13 bits per heavy atom. The zero-order valence-electron chi connectivity index (χ0n) is 17.0. The predicted molar refractivity (Wildman–Crippen MR) is 109 cm³/mol. The van der Waals surface area contributed by atoms with Crippen molar-refractivity contribution in [2.24, 2.45) is 0 Å². The summed E-state index contributed by atoms with van der Waals surface area (Å²) in [5.74, 6) is 2.50. The summed E-state index contributed by atoms with van der Waals surface area (Å²) in [6.07, 6.45) is -4.33. The van der Waals surface area contributed by atoms with Gasteiger partial charge < -0.3 is 14.5 Å². The third-order valence-corrected chi connectivity index (χ3v) is 5.56. The number of anilines is 2. The quantitative estimate of drug-likeness (QED) is 0.757. The fourth-order valence-electron chi connectivity index (χ4n) is 3.96. The molecule has 0 spiro atoms. The van der Waals surface area contributed by atoms with Gasteiger partial charge in [-0.2, -0.15) is 13.2 Å². The second-order valence-electron chi connectivity index (χ2n) is 7.65. The van der Waals surface area contributed by atoms with E-state index < -0.39 is 11.7 Å². The lowest BCUT2D eigenvalue weighted by Crippen LogP contribution is -2.46. The standard InChI is InChI=1S/C21H26F3N5O/c1-16-25-19(14-20(26-16)29-10-12-30-13-11-29)28-8-6-27(7-9-28)15-17-4-2-3-5-18(17)21(22,23)24/h2-5,14H,6-13,15H2,1H3. The third-order valence-electron chi connectivity index (χ3n) is 5.56. The number of rotatable bonds is 4. The van der Waals surface area contributed by atoms with E-state index in [2.05, 4.69) is 24.7 Å². The van der Waals surface area contributed by atoms with Crippen molar-refractivity contribution >= 4 is 11.6 Å². The number of hydrogen-bond donors (Lipinski definition) is 0. The van der Waals surface area contributed by atoms with E-state index in [-0.39, 0.29) is 0 Å². The molecule has 9 heteroatoms. The van der Waals surface area contributed by atoms with Gasteiger partial charge in [-0.25, -0.2) is 9.97 Å². The van der Waals surface area contributed by atoms with Gasteiger partial charge in [0.15, 0.2) is 0 Å². The van der Waals surface area contributed by atoms with Crippen LogP contribution in [0.3, 0.4) is 0 Å². The highest BCUT2D eigenvalue weighted by Gasteiger charge is 2.33. The van der Waals surface area contributed by atoms with Crippen molar-refractivity contribution in [2.75, 3.05) is 62.3 Å². The average Bonchev–Trinajstić information content (AvgIpc) is 2.74. The zero-order valence-corrected chi connectivity index (χ0v) is 17.0. The van der Waals surface area contributed by atoms with E-state index in [9.17, 15) is 13.2 Å². The van der Waals surface area contributed by atoms with Gasteiger partial charge in [0.05, 0.1) is 18.8 Å². The molecule has 0 radical (unpaired) electrons. The van der Waals surface area contributed by atoms with E-state index >= 15 is 0 Å². The molecule has 162 valence electrons. The normalized spacial score (nSPS) is 18.7. The van der Waals surface area contributed by atoms with Gasteiger partial charge in [-0.05, 0) is 18.6 Å². The summed E-state index contributed by atoms with van der Waals surface area (Å²) >= 11 is 0. The lowest BCUT2D eigenvalue weighted by Gasteiger charge is -2.36. The second kappa shape index (κ2) is 8.77. The van der Waals surface area contributed by atoms with Crippen molar-refractivity contribution < 1.29 is 17.9 Å². The molecule has 0 saturated carbocycles. The Bertz CT molecular complexity index is 862. The van der Waals surface area contributed by atoms with Crippen LogP contribution in [0.1, 0.15) is 17.0 Å². The van der Waals surface area contributed by atoms with Gasteiger partial charge in [-0.1, -0.05) is 18.2 Å². The molecule has 4 rings (SSSR count). The Balaban J connectivity index is 1.41. The number of piperazine rings is 1. The minimum atomic E-state index is -4.33. The van der Waals surface area contributed by atoms with E-state index in [1.807, 2.05) is 13.0 Å². The van der Waals surface area contributed by atoms with Crippen LogP contribution in [0, 0.1) is 6.92 Å². The van der Waals surface area contributed by atoms with Crippen LogP contribution in [0.4, 0.5) is 24.8 Å². The molecule has 0 unspecified atom stereocenters. The first-order chi connectivity index (χ1) is 14.4. The summed E-state index contributed by atoms with van der Waals surface area (Å²) in [4.78, 5) is 15.6. The van der Waals surface area contributed by atoms with Gasteiger partial charge in [-0.15, -0.1) is 0 Å². The molecule has 2 fully saturated rings. The maximum absolute atomic E-state index is 13.3. The lowest BCUT2D eigenvalue weighted by atomic mass is 10.1. The Labute approximate surface area is 174 Å². The smallest absolute Gasteiger partial charge is 0.378 e. The minimum absolute atomic E-state index is 0.297. The summed E-state index contributed by atoms with van der Waals surface area (Å²) in [5.41, 5.74) is -0.222. The number of halogens is 3. The van der Waals surface area contributed by atoms with Crippen molar-refractivity contribution in [3.8, 4) is 0 Å². The van der Waals surface area contributed by atoms with Crippen molar-refractivity contribution in [2.45, 2.75) is 19.6 Å². The maximum atomic E-state index is 13.3. The molecule has 1 aromatic carbocycles. The van der Waals surface area contributed by atoms with Crippen LogP contribution >= 0.6 is 0 Å². The molecule has 2 aliphatic heterocycles. The van der Waals surface area contributed by atoms with Crippen LogP contribution in [0.25, 0.3) is 0 Å². The van der Waals surface area contributed by atoms with E-state index in [1.165, 1.54) is 6.07 Å². The highest BCUT2D eigenvalue weighted by Crippen LogP contribution is 2.32. The van der Waals surface area contributed by atoms with Crippen LogP contribution in [0.5, 0.6) is 0 Å². The first kappa shape index (κ1) is 20.9. The van der Waals surface area contributed by atoms with Crippen molar-refractivity contribution in [1.29, 1.82) is 0 Å². The van der Waals surface area contributed by atoms with E-state index in [4.69, 9.17) is 4.74 Å². The van der Waals surface area contributed by atoms with Gasteiger partial charge in [0.25, 0.3) is 0 Å². The number of ether oxygens (including phenoxy) is 1. The van der Waals surface area contributed by atoms with Gasteiger partial charge >= 0.3 is 6.18 Å². The highest BCUT2D eigenvalue weighted by atomic mass is 19.4. The predicted octanol–water partition coefficient (Wildman–Crippen LogP) is 2.96. The molecule has 0 aliphatic carbocycles. The van der Waals surface area contributed by atoms with E-state index in [0.29, 0.717) is 51.5 Å². The summed E-state index contributed by atoms with van der Waals surface area (Å²) in [5, 5.41) is 0. The molecule has 0 bridgehead atoms.